The summed E-state index contributed by atoms with van der Waals surface area (Å²) in [6, 6.07) is 6.96. The van der Waals surface area contributed by atoms with Gasteiger partial charge in [0.1, 0.15) is 5.82 Å². The quantitative estimate of drug-likeness (QED) is 0.774. The van der Waals surface area contributed by atoms with E-state index in [-0.39, 0.29) is 17.1 Å². The fourth-order valence-electron chi connectivity index (χ4n) is 1.37. The molecule has 6 heteroatoms. The van der Waals surface area contributed by atoms with Crippen molar-refractivity contribution in [3.05, 3.63) is 47.9 Å². The molecule has 0 unspecified atom stereocenters. The van der Waals surface area contributed by atoms with E-state index in [0.717, 1.165) is 0 Å². The van der Waals surface area contributed by atoms with Gasteiger partial charge in [-0.25, -0.2) is 14.2 Å². The van der Waals surface area contributed by atoms with Crippen molar-refractivity contribution in [2.75, 3.05) is 11.1 Å². The number of carboxylic acid groups (broad SMARTS) is 1. The number of rotatable bonds is 3. The lowest BCUT2D eigenvalue weighted by atomic mass is 10.2. The molecule has 0 saturated heterocycles. The lowest BCUT2D eigenvalue weighted by Crippen LogP contribution is -2.03. The smallest absolute Gasteiger partial charge is 0.337 e. The molecule has 18 heavy (non-hydrogen) atoms. The van der Waals surface area contributed by atoms with Crippen LogP contribution in [0.2, 0.25) is 0 Å². The van der Waals surface area contributed by atoms with Gasteiger partial charge in [0, 0.05) is 11.9 Å². The number of anilines is 3. The van der Waals surface area contributed by atoms with Gasteiger partial charge >= 0.3 is 5.97 Å². The number of aromatic carboxylic acids is 1. The van der Waals surface area contributed by atoms with Gasteiger partial charge in [0.25, 0.3) is 0 Å². The van der Waals surface area contributed by atoms with Crippen molar-refractivity contribution in [1.29, 1.82) is 0 Å². The Labute approximate surface area is 102 Å². The lowest BCUT2D eigenvalue weighted by Gasteiger charge is -2.08. The van der Waals surface area contributed by atoms with Gasteiger partial charge in [0.2, 0.25) is 0 Å². The Kier molecular flexibility index (Phi) is 3.09. The molecule has 0 spiro atoms. The van der Waals surface area contributed by atoms with E-state index in [1.165, 1.54) is 36.5 Å². The second-order valence-corrected chi connectivity index (χ2v) is 3.60. The fraction of sp³-hybridized carbons (Fsp3) is 0. The van der Waals surface area contributed by atoms with Gasteiger partial charge in [-0.3, -0.25) is 0 Å². The monoisotopic (exact) mass is 247 g/mol. The number of carbonyl (C=O) groups is 1. The number of hydrogen-bond donors (Lipinski definition) is 3. The zero-order valence-corrected chi connectivity index (χ0v) is 9.22. The highest BCUT2D eigenvalue weighted by Gasteiger charge is 2.07. The normalized spacial score (nSPS) is 10.1. The average molecular weight is 247 g/mol. The maximum Gasteiger partial charge on any atom is 0.337 e. The molecule has 0 saturated carbocycles. The highest BCUT2D eigenvalue weighted by atomic mass is 19.1. The minimum Gasteiger partial charge on any atom is -0.478 e. The van der Waals surface area contributed by atoms with Crippen molar-refractivity contribution in [2.45, 2.75) is 0 Å². The van der Waals surface area contributed by atoms with Gasteiger partial charge in [-0.2, -0.15) is 0 Å². The number of nitrogens with two attached hydrogens (primary N) is 1. The van der Waals surface area contributed by atoms with Crippen LogP contribution in [-0.4, -0.2) is 16.1 Å². The SMILES string of the molecule is Nc1cc(C(=O)O)cnc1Nc1ccc(F)cc1. The van der Waals surface area contributed by atoms with Crippen LogP contribution in [0.25, 0.3) is 0 Å². The minimum absolute atomic E-state index is 0.0113. The van der Waals surface area contributed by atoms with Gasteiger partial charge < -0.3 is 16.2 Å². The third kappa shape index (κ3) is 2.54. The summed E-state index contributed by atoms with van der Waals surface area (Å²) in [5.41, 5.74) is 6.50. The van der Waals surface area contributed by atoms with E-state index < -0.39 is 5.97 Å². The van der Waals surface area contributed by atoms with Crippen LogP contribution in [-0.2, 0) is 0 Å². The zero-order chi connectivity index (χ0) is 13.1. The Morgan fingerprint density at radius 3 is 2.56 bits per heavy atom. The molecule has 0 radical (unpaired) electrons. The third-order valence-electron chi connectivity index (χ3n) is 2.27. The van der Waals surface area contributed by atoms with Crippen molar-refractivity contribution in [1.82, 2.24) is 4.98 Å². The summed E-state index contributed by atoms with van der Waals surface area (Å²) in [6.07, 6.45) is 1.20. The van der Waals surface area contributed by atoms with Crippen molar-refractivity contribution >= 4 is 23.2 Å². The van der Waals surface area contributed by atoms with E-state index >= 15 is 0 Å². The predicted octanol–water partition coefficient (Wildman–Crippen LogP) is 2.24. The molecule has 92 valence electrons. The standard InChI is InChI=1S/C12H10FN3O2/c13-8-1-3-9(4-2-8)16-11-10(14)5-7(6-15-11)12(17)18/h1-6H,14H2,(H,15,16)(H,17,18). The summed E-state index contributed by atoms with van der Waals surface area (Å²) in [5.74, 6) is -1.11. The molecule has 0 bridgehead atoms. The molecule has 0 fully saturated rings. The van der Waals surface area contributed by atoms with Crippen LogP contribution < -0.4 is 11.1 Å². The number of nitrogen functional groups attached to an aromatic ring is 1. The van der Waals surface area contributed by atoms with Crippen molar-refractivity contribution < 1.29 is 14.3 Å². The molecule has 0 aliphatic heterocycles. The summed E-state index contributed by atoms with van der Waals surface area (Å²) in [7, 11) is 0. The van der Waals surface area contributed by atoms with E-state index in [2.05, 4.69) is 10.3 Å². The molecular weight excluding hydrogens is 237 g/mol. The number of pyridine rings is 1. The number of aromatic nitrogens is 1. The number of nitrogens with zero attached hydrogens (tertiary/aromatic N) is 1. The molecule has 5 nitrogen and oxygen atoms in total. The molecule has 0 amide bonds. The number of benzene rings is 1. The number of carboxylic acids is 1. The first-order valence-electron chi connectivity index (χ1n) is 5.07. The summed E-state index contributed by atoms with van der Waals surface area (Å²) >= 11 is 0. The minimum atomic E-state index is -1.09. The molecule has 1 aromatic heterocycles. The van der Waals surface area contributed by atoms with E-state index in [1.807, 2.05) is 0 Å². The highest BCUT2D eigenvalue weighted by molar-refractivity contribution is 5.89. The van der Waals surface area contributed by atoms with Crippen molar-refractivity contribution in [3.8, 4) is 0 Å². The second-order valence-electron chi connectivity index (χ2n) is 3.60. The van der Waals surface area contributed by atoms with E-state index in [4.69, 9.17) is 10.8 Å². The third-order valence-corrected chi connectivity index (χ3v) is 2.27. The van der Waals surface area contributed by atoms with Crippen LogP contribution in [0.15, 0.2) is 36.5 Å². The summed E-state index contributed by atoms with van der Waals surface area (Å²) in [4.78, 5) is 14.6. The first-order chi connectivity index (χ1) is 8.56. The first-order valence-corrected chi connectivity index (χ1v) is 5.07. The van der Waals surface area contributed by atoms with Crippen LogP contribution in [0.3, 0.4) is 0 Å². The maximum absolute atomic E-state index is 12.7. The predicted molar refractivity (Wildman–Crippen MR) is 65.3 cm³/mol. The van der Waals surface area contributed by atoms with E-state index in [9.17, 15) is 9.18 Å². The summed E-state index contributed by atoms with van der Waals surface area (Å²) in [6.45, 7) is 0. The number of halogens is 1. The molecule has 0 aliphatic carbocycles. The van der Waals surface area contributed by atoms with Gasteiger partial charge in [0.05, 0.1) is 11.3 Å². The Hall–Kier alpha value is -2.63. The molecule has 0 atom stereocenters. The molecule has 1 aromatic carbocycles. The fourth-order valence-corrected chi connectivity index (χ4v) is 1.37. The Morgan fingerprint density at radius 2 is 2.00 bits per heavy atom. The summed E-state index contributed by atoms with van der Waals surface area (Å²) < 4.78 is 12.7. The highest BCUT2D eigenvalue weighted by Crippen LogP contribution is 2.21. The summed E-state index contributed by atoms with van der Waals surface area (Å²) in [5, 5.41) is 11.6. The topological polar surface area (TPSA) is 88.2 Å². The van der Waals surface area contributed by atoms with Gasteiger partial charge in [-0.05, 0) is 30.3 Å². The lowest BCUT2D eigenvalue weighted by molar-refractivity contribution is 0.0696. The van der Waals surface area contributed by atoms with E-state index in [0.29, 0.717) is 11.5 Å². The van der Waals surface area contributed by atoms with E-state index in [1.54, 1.807) is 0 Å². The van der Waals surface area contributed by atoms with Crippen LogP contribution in [0.1, 0.15) is 10.4 Å². The Morgan fingerprint density at radius 1 is 1.33 bits per heavy atom. The van der Waals surface area contributed by atoms with Gasteiger partial charge in [-0.1, -0.05) is 0 Å². The largest absolute Gasteiger partial charge is 0.478 e. The maximum atomic E-state index is 12.7. The molecular formula is C12H10FN3O2. The van der Waals surface area contributed by atoms with Crippen LogP contribution >= 0.6 is 0 Å². The Balaban J connectivity index is 2.24. The molecule has 1 heterocycles. The van der Waals surface area contributed by atoms with Gasteiger partial charge in [-0.15, -0.1) is 0 Å². The van der Waals surface area contributed by atoms with Gasteiger partial charge in [0.15, 0.2) is 5.82 Å². The molecule has 0 aliphatic rings. The van der Waals surface area contributed by atoms with Crippen LogP contribution in [0.4, 0.5) is 21.6 Å². The van der Waals surface area contributed by atoms with Crippen molar-refractivity contribution in [2.24, 2.45) is 0 Å². The molecule has 2 rings (SSSR count). The molecule has 2 aromatic rings. The van der Waals surface area contributed by atoms with Crippen LogP contribution in [0, 0.1) is 5.82 Å². The van der Waals surface area contributed by atoms with Crippen molar-refractivity contribution in [3.63, 3.8) is 0 Å². The second kappa shape index (κ2) is 4.70. The Bertz CT molecular complexity index is 584. The number of nitrogens with one attached hydrogen (secondary N) is 1. The van der Waals surface area contributed by atoms with Crippen LogP contribution in [0.5, 0.6) is 0 Å². The first kappa shape index (κ1) is 11.8. The zero-order valence-electron chi connectivity index (χ0n) is 9.22. The average Bonchev–Trinajstić information content (AvgIpc) is 2.34. The molecule has 4 N–H and O–H groups in total. The number of hydrogen-bond acceptors (Lipinski definition) is 4.